The van der Waals surface area contributed by atoms with Crippen molar-refractivity contribution in [2.75, 3.05) is 25.5 Å². The zero-order valence-electron chi connectivity index (χ0n) is 17.8. The van der Waals surface area contributed by atoms with Crippen LogP contribution < -0.4 is 10.1 Å². The van der Waals surface area contributed by atoms with Crippen molar-refractivity contribution in [3.8, 4) is 5.75 Å². The number of hydrogen-bond donors (Lipinski definition) is 1. The zero-order valence-corrected chi connectivity index (χ0v) is 18.6. The number of ether oxygens (including phenoxy) is 1. The molecule has 0 fully saturated rings. The van der Waals surface area contributed by atoms with Crippen molar-refractivity contribution in [1.29, 1.82) is 0 Å². The average Bonchev–Trinajstić information content (AvgIpc) is 2.73. The van der Waals surface area contributed by atoms with Crippen LogP contribution in [-0.4, -0.2) is 43.8 Å². The number of carbonyl (C=O) groups excluding carboxylic acids is 1. The highest BCUT2D eigenvalue weighted by atomic mass is 32.2. The average molecular weight is 446 g/mol. The third kappa shape index (κ3) is 4.52. The molecule has 0 atom stereocenters. The van der Waals surface area contributed by atoms with Gasteiger partial charge in [0.25, 0.3) is 5.91 Å². The molecule has 0 unspecified atom stereocenters. The van der Waals surface area contributed by atoms with Crippen LogP contribution in [0.1, 0.15) is 29.9 Å². The van der Waals surface area contributed by atoms with Gasteiger partial charge in [-0.3, -0.25) is 9.78 Å². The molecule has 1 heterocycles. The molecule has 0 spiro atoms. The van der Waals surface area contributed by atoms with E-state index in [4.69, 9.17) is 4.74 Å². The largest absolute Gasteiger partial charge is 0.495 e. The standard InChI is InChI=1S/C22H24FN3O4S/c1-5-26(6-2)31(28,29)16-8-10-21(30-4)20(13-16)25-22(27)18-11-14(3)24-19-12-15(23)7-9-17(18)19/h7-13H,5-6H2,1-4H3,(H,25,27). The number of methoxy groups -OCH3 is 1. The van der Waals surface area contributed by atoms with Crippen LogP contribution in [-0.2, 0) is 10.0 Å². The number of halogens is 1. The van der Waals surface area contributed by atoms with E-state index in [1.54, 1.807) is 26.8 Å². The maximum atomic E-state index is 13.6. The van der Waals surface area contributed by atoms with Crippen molar-refractivity contribution in [2.24, 2.45) is 0 Å². The number of benzene rings is 2. The highest BCUT2D eigenvalue weighted by Gasteiger charge is 2.24. The molecular weight excluding hydrogens is 421 g/mol. The summed E-state index contributed by atoms with van der Waals surface area (Å²) in [6, 6.07) is 9.92. The van der Waals surface area contributed by atoms with E-state index in [1.807, 2.05) is 0 Å². The van der Waals surface area contributed by atoms with Crippen molar-refractivity contribution in [3.05, 3.63) is 59.5 Å². The summed E-state index contributed by atoms with van der Waals surface area (Å²) in [5, 5.41) is 3.21. The minimum atomic E-state index is -3.72. The van der Waals surface area contributed by atoms with E-state index in [1.165, 1.54) is 47.8 Å². The lowest BCUT2D eigenvalue weighted by Crippen LogP contribution is -2.30. The molecule has 0 aliphatic carbocycles. The van der Waals surface area contributed by atoms with Gasteiger partial charge in [0, 0.05) is 30.2 Å². The minimum absolute atomic E-state index is 0.0464. The molecule has 0 saturated heterocycles. The van der Waals surface area contributed by atoms with Gasteiger partial charge < -0.3 is 10.1 Å². The third-order valence-electron chi connectivity index (χ3n) is 4.91. The van der Waals surface area contributed by atoms with E-state index >= 15 is 0 Å². The van der Waals surface area contributed by atoms with Gasteiger partial charge in [-0.05, 0) is 43.3 Å². The molecule has 0 aliphatic rings. The van der Waals surface area contributed by atoms with Gasteiger partial charge in [0.05, 0.1) is 28.8 Å². The van der Waals surface area contributed by atoms with E-state index in [0.717, 1.165) is 0 Å². The van der Waals surface area contributed by atoms with Crippen LogP contribution in [0, 0.1) is 12.7 Å². The van der Waals surface area contributed by atoms with E-state index in [0.29, 0.717) is 41.0 Å². The molecule has 9 heteroatoms. The number of pyridine rings is 1. The number of fused-ring (bicyclic) bond motifs is 1. The maximum absolute atomic E-state index is 13.6. The quantitative estimate of drug-likeness (QED) is 0.594. The fourth-order valence-electron chi connectivity index (χ4n) is 3.37. The molecule has 2 aromatic carbocycles. The summed E-state index contributed by atoms with van der Waals surface area (Å²) in [7, 11) is -2.29. The van der Waals surface area contributed by atoms with Gasteiger partial charge in [-0.1, -0.05) is 13.8 Å². The Labute approximate surface area is 180 Å². The van der Waals surface area contributed by atoms with Crippen LogP contribution in [0.5, 0.6) is 5.75 Å². The molecule has 31 heavy (non-hydrogen) atoms. The number of anilines is 1. The first-order valence-corrected chi connectivity index (χ1v) is 11.2. The molecular formula is C22H24FN3O4S. The van der Waals surface area contributed by atoms with E-state index in [2.05, 4.69) is 10.3 Å². The van der Waals surface area contributed by atoms with Crippen LogP contribution >= 0.6 is 0 Å². The van der Waals surface area contributed by atoms with Crippen molar-refractivity contribution in [1.82, 2.24) is 9.29 Å². The fraction of sp³-hybridized carbons (Fsp3) is 0.273. The highest BCUT2D eigenvalue weighted by Crippen LogP contribution is 2.30. The summed E-state index contributed by atoms with van der Waals surface area (Å²) < 4.78 is 46.0. The van der Waals surface area contributed by atoms with E-state index in [9.17, 15) is 17.6 Å². The normalized spacial score (nSPS) is 11.7. The van der Waals surface area contributed by atoms with Crippen molar-refractivity contribution in [2.45, 2.75) is 25.7 Å². The summed E-state index contributed by atoms with van der Waals surface area (Å²) in [4.78, 5) is 17.4. The fourth-order valence-corrected chi connectivity index (χ4v) is 4.85. The number of carbonyl (C=O) groups is 1. The topological polar surface area (TPSA) is 88.6 Å². The predicted molar refractivity (Wildman–Crippen MR) is 117 cm³/mol. The second-order valence-corrected chi connectivity index (χ2v) is 8.82. The van der Waals surface area contributed by atoms with Crippen LogP contribution in [0.15, 0.2) is 47.4 Å². The SMILES string of the molecule is CCN(CC)S(=O)(=O)c1ccc(OC)c(NC(=O)c2cc(C)nc3cc(F)ccc23)c1. The van der Waals surface area contributed by atoms with Crippen LogP contribution in [0.4, 0.5) is 10.1 Å². The van der Waals surface area contributed by atoms with Gasteiger partial charge in [0.15, 0.2) is 0 Å². The Hall–Kier alpha value is -3.04. The highest BCUT2D eigenvalue weighted by molar-refractivity contribution is 7.89. The van der Waals surface area contributed by atoms with Gasteiger partial charge in [-0.2, -0.15) is 4.31 Å². The molecule has 164 valence electrons. The van der Waals surface area contributed by atoms with Crippen molar-refractivity contribution in [3.63, 3.8) is 0 Å². The second kappa shape index (κ2) is 8.99. The summed E-state index contributed by atoms with van der Waals surface area (Å²) in [6.45, 7) is 5.87. The maximum Gasteiger partial charge on any atom is 0.256 e. The Morgan fingerprint density at radius 1 is 1.13 bits per heavy atom. The monoisotopic (exact) mass is 445 g/mol. The number of rotatable bonds is 7. The molecule has 1 aromatic heterocycles. The number of amides is 1. The molecule has 3 aromatic rings. The Balaban J connectivity index is 2.05. The van der Waals surface area contributed by atoms with E-state index in [-0.39, 0.29) is 10.6 Å². The minimum Gasteiger partial charge on any atom is -0.495 e. The molecule has 7 nitrogen and oxygen atoms in total. The van der Waals surface area contributed by atoms with Crippen molar-refractivity contribution < 1.29 is 22.3 Å². The molecule has 0 aliphatic heterocycles. The summed E-state index contributed by atoms with van der Waals surface area (Å²) in [5.74, 6) is -0.626. The van der Waals surface area contributed by atoms with Crippen LogP contribution in [0.25, 0.3) is 10.9 Å². The number of aryl methyl sites for hydroxylation is 1. The molecule has 3 rings (SSSR count). The lowest BCUT2D eigenvalue weighted by Gasteiger charge is -2.20. The number of aromatic nitrogens is 1. The van der Waals surface area contributed by atoms with Gasteiger partial charge in [0.2, 0.25) is 10.0 Å². The smallest absolute Gasteiger partial charge is 0.256 e. The molecule has 0 saturated carbocycles. The first-order chi connectivity index (χ1) is 14.7. The lowest BCUT2D eigenvalue weighted by molar-refractivity contribution is 0.102. The first kappa shape index (κ1) is 22.6. The predicted octanol–water partition coefficient (Wildman–Crippen LogP) is 3.97. The third-order valence-corrected chi connectivity index (χ3v) is 6.95. The summed E-state index contributed by atoms with van der Waals surface area (Å²) in [5.41, 5.74) is 1.41. The zero-order chi connectivity index (χ0) is 22.8. The number of nitrogens with zero attached hydrogens (tertiary/aromatic N) is 2. The van der Waals surface area contributed by atoms with Gasteiger partial charge in [-0.25, -0.2) is 12.8 Å². The first-order valence-electron chi connectivity index (χ1n) is 9.77. The lowest BCUT2D eigenvalue weighted by atomic mass is 10.1. The van der Waals surface area contributed by atoms with Crippen molar-refractivity contribution >= 4 is 32.5 Å². The van der Waals surface area contributed by atoms with Gasteiger partial charge in [-0.15, -0.1) is 0 Å². The summed E-state index contributed by atoms with van der Waals surface area (Å²) in [6.07, 6.45) is 0. The number of hydrogen-bond acceptors (Lipinski definition) is 5. The number of sulfonamides is 1. The molecule has 0 bridgehead atoms. The van der Waals surface area contributed by atoms with E-state index < -0.39 is 21.7 Å². The second-order valence-electron chi connectivity index (χ2n) is 6.88. The molecule has 1 amide bonds. The van der Waals surface area contributed by atoms with Crippen LogP contribution in [0.2, 0.25) is 0 Å². The molecule has 0 radical (unpaired) electrons. The van der Waals surface area contributed by atoms with Gasteiger partial charge >= 0.3 is 0 Å². The number of nitrogens with one attached hydrogen (secondary N) is 1. The molecule has 1 N–H and O–H groups in total. The Morgan fingerprint density at radius 3 is 2.48 bits per heavy atom. The summed E-state index contributed by atoms with van der Waals surface area (Å²) >= 11 is 0. The Bertz CT molecular complexity index is 1240. The Kier molecular flexibility index (Phi) is 6.56. The Morgan fingerprint density at radius 2 is 1.84 bits per heavy atom. The van der Waals surface area contributed by atoms with Crippen LogP contribution in [0.3, 0.4) is 0 Å². The van der Waals surface area contributed by atoms with Gasteiger partial charge in [0.1, 0.15) is 11.6 Å².